The van der Waals surface area contributed by atoms with Crippen LogP contribution >= 0.6 is 0 Å². The average molecular weight is 268 g/mol. The highest BCUT2D eigenvalue weighted by molar-refractivity contribution is 5.40. The zero-order chi connectivity index (χ0) is 14.1. The van der Waals surface area contributed by atoms with Crippen LogP contribution in [0, 0.1) is 13.8 Å². The summed E-state index contributed by atoms with van der Waals surface area (Å²) in [5, 5.41) is 9.80. The van der Waals surface area contributed by atoms with Crippen LogP contribution in [0.5, 0.6) is 5.75 Å². The van der Waals surface area contributed by atoms with Gasteiger partial charge in [-0.15, -0.1) is 0 Å². The molecule has 0 saturated carbocycles. The highest BCUT2D eigenvalue weighted by atomic mass is 16.5. The molecule has 0 fully saturated rings. The molecule has 20 heavy (non-hydrogen) atoms. The molecule has 0 bridgehead atoms. The number of aliphatic hydroxyl groups is 1. The van der Waals surface area contributed by atoms with E-state index < -0.39 is 0 Å². The molecule has 0 aliphatic heterocycles. The first-order valence-electron chi connectivity index (χ1n) is 7.13. The zero-order valence-electron chi connectivity index (χ0n) is 12.0. The quantitative estimate of drug-likeness (QED) is 0.916. The van der Waals surface area contributed by atoms with Gasteiger partial charge < -0.3 is 9.84 Å². The summed E-state index contributed by atoms with van der Waals surface area (Å²) in [6.45, 7) is 4.82. The van der Waals surface area contributed by atoms with Gasteiger partial charge in [0.05, 0.1) is 6.10 Å². The van der Waals surface area contributed by atoms with E-state index in [0.29, 0.717) is 6.61 Å². The molecule has 0 amide bonds. The van der Waals surface area contributed by atoms with Gasteiger partial charge in [0.25, 0.3) is 0 Å². The lowest BCUT2D eigenvalue weighted by atomic mass is 10.1. The minimum Gasteiger partial charge on any atom is -0.489 e. The third kappa shape index (κ3) is 2.56. The number of benzene rings is 2. The Kier molecular flexibility index (Phi) is 3.49. The first-order chi connectivity index (χ1) is 9.63. The van der Waals surface area contributed by atoms with E-state index >= 15 is 0 Å². The predicted molar refractivity (Wildman–Crippen MR) is 80.0 cm³/mol. The van der Waals surface area contributed by atoms with E-state index in [-0.39, 0.29) is 6.10 Å². The second-order valence-electron chi connectivity index (χ2n) is 5.62. The van der Waals surface area contributed by atoms with Gasteiger partial charge in [0, 0.05) is 0 Å². The highest BCUT2D eigenvalue weighted by Crippen LogP contribution is 2.33. The minimum atomic E-state index is -0.293. The smallest absolute Gasteiger partial charge is 0.120 e. The Hall–Kier alpha value is -1.80. The highest BCUT2D eigenvalue weighted by Gasteiger charge is 2.20. The first kappa shape index (κ1) is 13.2. The van der Waals surface area contributed by atoms with Crippen molar-refractivity contribution in [1.82, 2.24) is 0 Å². The van der Waals surface area contributed by atoms with Gasteiger partial charge in [-0.2, -0.15) is 0 Å². The van der Waals surface area contributed by atoms with Crippen molar-refractivity contribution in [1.29, 1.82) is 0 Å². The Bertz CT molecular complexity index is 631. The molecule has 0 saturated heterocycles. The standard InChI is InChI=1S/C18H20O2/c1-12-3-4-14(9-13(12)2)11-20-16-6-7-17-15(10-16)5-8-18(17)19/h3-4,6-7,9-10,18-19H,5,8,11H2,1-2H3/t18-/m1/s1. The summed E-state index contributed by atoms with van der Waals surface area (Å²) in [6, 6.07) is 12.4. The molecule has 104 valence electrons. The van der Waals surface area contributed by atoms with Crippen LogP contribution in [0.15, 0.2) is 36.4 Å². The molecule has 2 heteroatoms. The zero-order valence-corrected chi connectivity index (χ0v) is 12.0. The Labute approximate surface area is 120 Å². The molecule has 2 aromatic carbocycles. The van der Waals surface area contributed by atoms with Gasteiger partial charge in [0.15, 0.2) is 0 Å². The van der Waals surface area contributed by atoms with Crippen LogP contribution in [0.4, 0.5) is 0 Å². The molecule has 0 unspecified atom stereocenters. The molecule has 0 radical (unpaired) electrons. The van der Waals surface area contributed by atoms with Crippen molar-refractivity contribution in [3.8, 4) is 5.75 Å². The van der Waals surface area contributed by atoms with Gasteiger partial charge in [0.2, 0.25) is 0 Å². The molecule has 0 aromatic heterocycles. The van der Waals surface area contributed by atoms with E-state index in [1.807, 2.05) is 12.1 Å². The summed E-state index contributed by atoms with van der Waals surface area (Å²) in [4.78, 5) is 0. The number of aliphatic hydroxyl groups excluding tert-OH is 1. The number of fused-ring (bicyclic) bond motifs is 1. The number of hydrogen-bond donors (Lipinski definition) is 1. The van der Waals surface area contributed by atoms with Crippen LogP contribution in [-0.2, 0) is 13.0 Å². The van der Waals surface area contributed by atoms with Crippen molar-refractivity contribution in [2.45, 2.75) is 39.4 Å². The Morgan fingerprint density at radius 1 is 1.10 bits per heavy atom. The fourth-order valence-corrected chi connectivity index (χ4v) is 2.72. The van der Waals surface area contributed by atoms with E-state index in [9.17, 15) is 5.11 Å². The Morgan fingerprint density at radius 3 is 2.75 bits per heavy atom. The second kappa shape index (κ2) is 5.29. The fraction of sp³-hybridized carbons (Fsp3) is 0.333. The van der Waals surface area contributed by atoms with Gasteiger partial charge in [-0.3, -0.25) is 0 Å². The molecule has 3 rings (SSSR count). The maximum absolute atomic E-state index is 9.80. The summed E-state index contributed by atoms with van der Waals surface area (Å²) in [6.07, 6.45) is 1.48. The average Bonchev–Trinajstić information content (AvgIpc) is 2.81. The minimum absolute atomic E-state index is 0.293. The summed E-state index contributed by atoms with van der Waals surface area (Å²) in [5.41, 5.74) is 6.07. The van der Waals surface area contributed by atoms with Crippen LogP contribution in [0.2, 0.25) is 0 Å². The van der Waals surface area contributed by atoms with Crippen LogP contribution in [0.25, 0.3) is 0 Å². The van der Waals surface area contributed by atoms with Crippen LogP contribution in [0.1, 0.15) is 40.3 Å². The maximum atomic E-state index is 9.80. The lowest BCUT2D eigenvalue weighted by molar-refractivity contribution is 0.180. The first-order valence-corrected chi connectivity index (χ1v) is 7.13. The van der Waals surface area contributed by atoms with Gasteiger partial charge in [-0.1, -0.05) is 24.3 Å². The van der Waals surface area contributed by atoms with Crippen LogP contribution in [0.3, 0.4) is 0 Å². The second-order valence-corrected chi connectivity index (χ2v) is 5.62. The summed E-state index contributed by atoms with van der Waals surface area (Å²) in [5.74, 6) is 0.885. The van der Waals surface area contributed by atoms with Crippen LogP contribution < -0.4 is 4.74 Å². The Balaban J connectivity index is 1.71. The monoisotopic (exact) mass is 268 g/mol. The lowest BCUT2D eigenvalue weighted by Crippen LogP contribution is -1.97. The fourth-order valence-electron chi connectivity index (χ4n) is 2.72. The van der Waals surface area contributed by atoms with Gasteiger partial charge in [-0.05, 0) is 66.6 Å². The van der Waals surface area contributed by atoms with E-state index in [0.717, 1.165) is 24.2 Å². The molecule has 0 heterocycles. The van der Waals surface area contributed by atoms with E-state index in [4.69, 9.17) is 4.74 Å². The largest absolute Gasteiger partial charge is 0.489 e. The summed E-state index contributed by atoms with van der Waals surface area (Å²) < 4.78 is 5.87. The number of ether oxygens (including phenoxy) is 1. The number of hydrogen-bond acceptors (Lipinski definition) is 2. The third-order valence-corrected chi connectivity index (χ3v) is 4.14. The van der Waals surface area contributed by atoms with Crippen molar-refractivity contribution in [3.05, 3.63) is 64.2 Å². The topological polar surface area (TPSA) is 29.5 Å². The van der Waals surface area contributed by atoms with Gasteiger partial charge >= 0.3 is 0 Å². The van der Waals surface area contributed by atoms with E-state index in [2.05, 4.69) is 38.1 Å². The van der Waals surface area contributed by atoms with Crippen molar-refractivity contribution in [2.75, 3.05) is 0 Å². The maximum Gasteiger partial charge on any atom is 0.120 e. The summed E-state index contributed by atoms with van der Waals surface area (Å²) in [7, 11) is 0. The Morgan fingerprint density at radius 2 is 1.95 bits per heavy atom. The normalized spacial score (nSPS) is 17.1. The lowest BCUT2D eigenvalue weighted by Gasteiger charge is -2.10. The molecule has 2 nitrogen and oxygen atoms in total. The molecule has 1 N–H and O–H groups in total. The van der Waals surface area contributed by atoms with E-state index in [1.165, 1.54) is 22.3 Å². The third-order valence-electron chi connectivity index (χ3n) is 4.14. The predicted octanol–water partition coefficient (Wildman–Crippen LogP) is 3.86. The molecule has 1 atom stereocenters. The molecule has 1 aliphatic rings. The van der Waals surface area contributed by atoms with Crippen molar-refractivity contribution in [2.24, 2.45) is 0 Å². The van der Waals surface area contributed by atoms with Gasteiger partial charge in [-0.25, -0.2) is 0 Å². The molecule has 0 spiro atoms. The summed E-state index contributed by atoms with van der Waals surface area (Å²) >= 11 is 0. The molecule has 2 aromatic rings. The van der Waals surface area contributed by atoms with Crippen LogP contribution in [-0.4, -0.2) is 5.11 Å². The van der Waals surface area contributed by atoms with Crippen molar-refractivity contribution < 1.29 is 9.84 Å². The molecular weight excluding hydrogens is 248 g/mol. The number of aryl methyl sites for hydroxylation is 3. The van der Waals surface area contributed by atoms with E-state index in [1.54, 1.807) is 0 Å². The SMILES string of the molecule is Cc1ccc(COc2ccc3c(c2)CC[C@H]3O)cc1C. The number of rotatable bonds is 3. The van der Waals surface area contributed by atoms with Crippen molar-refractivity contribution >= 4 is 0 Å². The molecule has 1 aliphatic carbocycles. The van der Waals surface area contributed by atoms with Crippen molar-refractivity contribution in [3.63, 3.8) is 0 Å². The van der Waals surface area contributed by atoms with Gasteiger partial charge in [0.1, 0.15) is 12.4 Å². The molecular formula is C18H20O2.